The molecule has 3 rings (SSSR count). The highest BCUT2D eigenvalue weighted by Crippen LogP contribution is 2.27. The zero-order valence-corrected chi connectivity index (χ0v) is 17.9. The van der Waals surface area contributed by atoms with Crippen molar-refractivity contribution in [2.24, 2.45) is 0 Å². The Morgan fingerprint density at radius 1 is 1.44 bits per heavy atom. The third kappa shape index (κ3) is 5.66. The lowest BCUT2D eigenvalue weighted by atomic mass is 10.2. The minimum absolute atomic E-state index is 0. The molecule has 1 aromatic carbocycles. The van der Waals surface area contributed by atoms with Crippen LogP contribution in [0.15, 0.2) is 34.1 Å². The second kappa shape index (κ2) is 10.5. The van der Waals surface area contributed by atoms with Crippen molar-refractivity contribution in [2.75, 3.05) is 20.1 Å². The van der Waals surface area contributed by atoms with Crippen LogP contribution in [0.1, 0.15) is 18.5 Å². The Morgan fingerprint density at radius 2 is 2.24 bits per heavy atom. The van der Waals surface area contributed by atoms with E-state index in [1.54, 1.807) is 11.3 Å². The van der Waals surface area contributed by atoms with Crippen LogP contribution in [-0.4, -0.2) is 42.0 Å². The number of rotatable bonds is 5. The van der Waals surface area contributed by atoms with Gasteiger partial charge in [0.2, 0.25) is 5.91 Å². The molecule has 4 nitrogen and oxygen atoms in total. The van der Waals surface area contributed by atoms with E-state index in [9.17, 15) is 4.79 Å². The van der Waals surface area contributed by atoms with Crippen molar-refractivity contribution in [3.63, 3.8) is 0 Å². The monoisotopic (exact) mass is 465 g/mol. The van der Waals surface area contributed by atoms with Crippen LogP contribution in [-0.2, 0) is 11.2 Å². The summed E-state index contributed by atoms with van der Waals surface area (Å²) < 4.78 is 1.04. The van der Waals surface area contributed by atoms with Gasteiger partial charge in [0.25, 0.3) is 0 Å². The van der Waals surface area contributed by atoms with Crippen LogP contribution in [0.25, 0.3) is 10.6 Å². The Labute approximate surface area is 173 Å². The van der Waals surface area contributed by atoms with E-state index in [0.717, 1.165) is 46.7 Å². The van der Waals surface area contributed by atoms with Crippen LogP contribution in [0.2, 0.25) is 0 Å². The topological polar surface area (TPSA) is 45.2 Å². The summed E-state index contributed by atoms with van der Waals surface area (Å²) in [5.74, 6) is 0.189. The molecule has 0 spiro atoms. The first-order chi connectivity index (χ1) is 11.2. The number of likely N-dealkylation sites (N-methyl/N-ethyl adjacent to an activating group) is 1. The van der Waals surface area contributed by atoms with Crippen LogP contribution in [0.5, 0.6) is 0 Å². The summed E-state index contributed by atoms with van der Waals surface area (Å²) in [6.07, 6.45) is 2.58. The van der Waals surface area contributed by atoms with E-state index in [4.69, 9.17) is 0 Å². The number of thiazole rings is 1. The summed E-state index contributed by atoms with van der Waals surface area (Å²) in [6.45, 7) is 1.74. The number of nitrogens with one attached hydrogen (secondary N) is 1. The Balaban J connectivity index is 0.00000156. The molecule has 1 atom stereocenters. The first-order valence-corrected chi connectivity index (χ1v) is 9.49. The molecule has 0 aliphatic carbocycles. The fourth-order valence-corrected chi connectivity index (χ4v) is 4.23. The van der Waals surface area contributed by atoms with Crippen molar-refractivity contribution >= 4 is 58.0 Å². The standard InChI is InChI=1S/C17H20BrN3OS.2ClH/c1-19-10-15-6-3-7-21(15)16(22)9-14-11-23-17(20-14)12-4-2-5-13(18)8-12;;/h2,4-5,8,11,15,19H,3,6-7,9-10H2,1H3;2*1H. The predicted molar refractivity (Wildman–Crippen MR) is 112 cm³/mol. The van der Waals surface area contributed by atoms with Crippen LogP contribution in [0, 0.1) is 0 Å². The van der Waals surface area contributed by atoms with Gasteiger partial charge in [-0.05, 0) is 32.0 Å². The van der Waals surface area contributed by atoms with E-state index in [-0.39, 0.29) is 30.7 Å². The number of carbonyl (C=O) groups is 1. The summed E-state index contributed by atoms with van der Waals surface area (Å²) in [4.78, 5) is 19.2. The van der Waals surface area contributed by atoms with E-state index < -0.39 is 0 Å². The number of nitrogens with zero attached hydrogens (tertiary/aromatic N) is 2. The molecule has 0 bridgehead atoms. The first kappa shape index (κ1) is 22.4. The second-order valence-electron chi connectivity index (χ2n) is 5.77. The fraction of sp³-hybridized carbons (Fsp3) is 0.412. The largest absolute Gasteiger partial charge is 0.338 e. The lowest BCUT2D eigenvalue weighted by molar-refractivity contribution is -0.131. The van der Waals surface area contributed by atoms with Crippen molar-refractivity contribution in [1.29, 1.82) is 0 Å². The molecule has 0 radical (unpaired) electrons. The summed E-state index contributed by atoms with van der Waals surface area (Å²) in [5.41, 5.74) is 1.95. The van der Waals surface area contributed by atoms with E-state index in [1.807, 2.05) is 41.6 Å². The van der Waals surface area contributed by atoms with Gasteiger partial charge in [-0.25, -0.2) is 4.98 Å². The van der Waals surface area contributed by atoms with Gasteiger partial charge in [-0.3, -0.25) is 4.79 Å². The van der Waals surface area contributed by atoms with Crippen molar-refractivity contribution in [2.45, 2.75) is 25.3 Å². The predicted octanol–water partition coefficient (Wildman–Crippen LogP) is 4.17. The normalized spacial score (nSPS) is 16.2. The van der Waals surface area contributed by atoms with Gasteiger partial charge in [0.15, 0.2) is 0 Å². The molecule has 25 heavy (non-hydrogen) atoms. The Morgan fingerprint density at radius 3 is 2.96 bits per heavy atom. The van der Waals surface area contributed by atoms with Gasteiger partial charge in [-0.15, -0.1) is 36.2 Å². The molecule has 8 heteroatoms. The summed E-state index contributed by atoms with van der Waals surface area (Å²) >= 11 is 5.07. The minimum atomic E-state index is 0. The lowest BCUT2D eigenvalue weighted by Gasteiger charge is -2.24. The minimum Gasteiger partial charge on any atom is -0.338 e. The van der Waals surface area contributed by atoms with Gasteiger partial charge in [0, 0.05) is 34.5 Å². The molecule has 1 aliphatic heterocycles. The van der Waals surface area contributed by atoms with Crippen molar-refractivity contribution in [1.82, 2.24) is 15.2 Å². The highest BCUT2D eigenvalue weighted by molar-refractivity contribution is 9.10. The first-order valence-electron chi connectivity index (χ1n) is 7.82. The van der Waals surface area contributed by atoms with Gasteiger partial charge in [0.1, 0.15) is 5.01 Å². The average molecular weight is 467 g/mol. The maximum Gasteiger partial charge on any atom is 0.228 e. The summed E-state index contributed by atoms with van der Waals surface area (Å²) in [6, 6.07) is 8.41. The van der Waals surface area contributed by atoms with Crippen LogP contribution in [0.3, 0.4) is 0 Å². The average Bonchev–Trinajstić information content (AvgIpc) is 3.17. The zero-order valence-electron chi connectivity index (χ0n) is 13.9. The SMILES string of the molecule is CNCC1CCCN1C(=O)Cc1csc(-c2cccc(Br)c2)n1.Cl.Cl. The highest BCUT2D eigenvalue weighted by Gasteiger charge is 2.28. The molecule has 0 saturated carbocycles. The molecular weight excluding hydrogens is 445 g/mol. The van der Waals surface area contributed by atoms with E-state index >= 15 is 0 Å². The molecule has 1 aliphatic rings. The number of carbonyl (C=O) groups excluding carboxylic acids is 1. The lowest BCUT2D eigenvalue weighted by Crippen LogP contribution is -2.41. The number of likely N-dealkylation sites (tertiary alicyclic amines) is 1. The van der Waals surface area contributed by atoms with E-state index in [1.165, 1.54) is 0 Å². The van der Waals surface area contributed by atoms with Gasteiger partial charge in [0.05, 0.1) is 12.1 Å². The molecule has 2 aromatic rings. The Bertz CT molecular complexity index is 698. The maximum atomic E-state index is 12.6. The summed E-state index contributed by atoms with van der Waals surface area (Å²) in [7, 11) is 1.94. The smallest absolute Gasteiger partial charge is 0.228 e. The molecule has 1 amide bonds. The second-order valence-corrected chi connectivity index (χ2v) is 7.55. The number of benzene rings is 1. The van der Waals surface area contributed by atoms with Crippen molar-refractivity contribution in [3.05, 3.63) is 39.8 Å². The Kier molecular flexibility index (Phi) is 9.38. The number of aromatic nitrogens is 1. The van der Waals surface area contributed by atoms with Crippen molar-refractivity contribution in [3.8, 4) is 10.6 Å². The molecule has 1 N–H and O–H groups in total. The molecule has 1 fully saturated rings. The molecule has 1 saturated heterocycles. The molecular formula is C17H22BrCl2N3OS. The number of halogens is 3. The summed E-state index contributed by atoms with van der Waals surface area (Å²) in [5, 5.41) is 6.14. The maximum absolute atomic E-state index is 12.6. The van der Waals surface area contributed by atoms with Crippen LogP contribution >= 0.6 is 52.1 Å². The van der Waals surface area contributed by atoms with Gasteiger partial charge < -0.3 is 10.2 Å². The number of amides is 1. The Hall–Kier alpha value is -0.660. The molecule has 1 unspecified atom stereocenters. The quantitative estimate of drug-likeness (QED) is 0.719. The molecule has 1 aromatic heterocycles. The molecule has 2 heterocycles. The highest BCUT2D eigenvalue weighted by atomic mass is 79.9. The number of hydrogen-bond acceptors (Lipinski definition) is 4. The van der Waals surface area contributed by atoms with Gasteiger partial charge >= 0.3 is 0 Å². The van der Waals surface area contributed by atoms with Crippen molar-refractivity contribution < 1.29 is 4.79 Å². The third-order valence-corrected chi connectivity index (χ3v) is 5.53. The fourth-order valence-electron chi connectivity index (χ4n) is 3.01. The van der Waals surface area contributed by atoms with Gasteiger partial charge in [-0.1, -0.05) is 28.1 Å². The zero-order chi connectivity index (χ0) is 16.2. The van der Waals surface area contributed by atoms with Crippen LogP contribution < -0.4 is 5.32 Å². The molecule has 138 valence electrons. The van der Waals surface area contributed by atoms with E-state index in [0.29, 0.717) is 12.5 Å². The number of hydrogen-bond donors (Lipinski definition) is 1. The third-order valence-electron chi connectivity index (χ3n) is 4.09. The van der Waals surface area contributed by atoms with E-state index in [2.05, 4.69) is 26.2 Å². The van der Waals surface area contributed by atoms with Gasteiger partial charge in [-0.2, -0.15) is 0 Å². The van der Waals surface area contributed by atoms with Crippen LogP contribution in [0.4, 0.5) is 0 Å².